The van der Waals surface area contributed by atoms with Crippen molar-refractivity contribution in [1.29, 1.82) is 0 Å². The summed E-state index contributed by atoms with van der Waals surface area (Å²) in [5.74, 6) is 4.20. The molecule has 4 rings (SSSR count). The van der Waals surface area contributed by atoms with Gasteiger partial charge in [-0.1, -0.05) is 0 Å². The number of hydrogen-bond acceptors (Lipinski definition) is 2. The zero-order valence-corrected chi connectivity index (χ0v) is 10.6. The largest absolute Gasteiger partial charge is 0.258 e. The average molecular weight is 231 g/mol. The van der Waals surface area contributed by atoms with Gasteiger partial charge in [-0.3, -0.25) is 5.43 Å². The SMILES string of the molecule is CNN(C)C1C2CC3CC(C2)CC1C3.Cl. The molecule has 0 atom stereocenters. The van der Waals surface area contributed by atoms with E-state index in [0.717, 1.165) is 29.7 Å². The summed E-state index contributed by atoms with van der Waals surface area (Å²) < 4.78 is 0. The highest BCUT2D eigenvalue weighted by atomic mass is 35.5. The molecule has 1 N–H and O–H groups in total. The zero-order chi connectivity index (χ0) is 9.71. The van der Waals surface area contributed by atoms with Gasteiger partial charge in [-0.2, -0.15) is 0 Å². The fraction of sp³-hybridized carbons (Fsp3) is 1.00. The van der Waals surface area contributed by atoms with Crippen molar-refractivity contribution in [2.24, 2.45) is 23.7 Å². The van der Waals surface area contributed by atoms with Crippen LogP contribution in [-0.4, -0.2) is 25.1 Å². The predicted octanol–water partition coefficient (Wildman–Crippen LogP) is 2.30. The van der Waals surface area contributed by atoms with E-state index >= 15 is 0 Å². The van der Waals surface area contributed by atoms with E-state index in [1.165, 1.54) is 25.7 Å². The Hall–Kier alpha value is 0.210. The highest BCUT2D eigenvalue weighted by Gasteiger charge is 2.49. The summed E-state index contributed by atoms with van der Waals surface area (Å²) in [4.78, 5) is 0. The first-order chi connectivity index (χ1) is 6.78. The summed E-state index contributed by atoms with van der Waals surface area (Å²) in [6.07, 6.45) is 7.63. The lowest BCUT2D eigenvalue weighted by Gasteiger charge is -2.56. The van der Waals surface area contributed by atoms with Gasteiger partial charge in [0.05, 0.1) is 0 Å². The van der Waals surface area contributed by atoms with Crippen molar-refractivity contribution >= 4 is 12.4 Å². The van der Waals surface area contributed by atoms with Gasteiger partial charge in [0.1, 0.15) is 0 Å². The monoisotopic (exact) mass is 230 g/mol. The van der Waals surface area contributed by atoms with E-state index < -0.39 is 0 Å². The molecule has 0 amide bonds. The Labute approximate surface area is 99.2 Å². The number of hydrazine groups is 1. The van der Waals surface area contributed by atoms with Crippen LogP contribution in [0.25, 0.3) is 0 Å². The average Bonchev–Trinajstić information content (AvgIpc) is 2.15. The van der Waals surface area contributed by atoms with E-state index in [1.54, 1.807) is 6.42 Å². The van der Waals surface area contributed by atoms with E-state index in [2.05, 4.69) is 24.5 Å². The molecular weight excluding hydrogens is 208 g/mol. The highest BCUT2D eigenvalue weighted by Crippen LogP contribution is 2.54. The molecule has 4 bridgehead atoms. The van der Waals surface area contributed by atoms with Gasteiger partial charge in [0.25, 0.3) is 0 Å². The van der Waals surface area contributed by atoms with Crippen molar-refractivity contribution in [3.8, 4) is 0 Å². The van der Waals surface area contributed by atoms with E-state index in [1.807, 2.05) is 0 Å². The Bertz CT molecular complexity index is 204. The number of hydrogen-bond donors (Lipinski definition) is 1. The van der Waals surface area contributed by atoms with Crippen LogP contribution >= 0.6 is 12.4 Å². The first-order valence-electron chi connectivity index (χ1n) is 6.18. The van der Waals surface area contributed by atoms with Gasteiger partial charge in [0.15, 0.2) is 0 Å². The summed E-state index contributed by atoms with van der Waals surface area (Å²) in [5.41, 5.74) is 3.33. The lowest BCUT2D eigenvalue weighted by molar-refractivity contribution is -0.0701. The van der Waals surface area contributed by atoms with Gasteiger partial charge in [0, 0.05) is 13.1 Å². The van der Waals surface area contributed by atoms with Gasteiger partial charge >= 0.3 is 0 Å². The van der Waals surface area contributed by atoms with E-state index in [0.29, 0.717) is 0 Å². The lowest BCUT2D eigenvalue weighted by atomic mass is 9.54. The molecule has 3 heteroatoms. The summed E-state index contributed by atoms with van der Waals surface area (Å²) in [6, 6.07) is 0.841. The third kappa shape index (κ3) is 1.81. The van der Waals surface area contributed by atoms with Crippen LogP contribution in [-0.2, 0) is 0 Å². The van der Waals surface area contributed by atoms with Crippen molar-refractivity contribution in [2.45, 2.75) is 38.1 Å². The second-order valence-corrected chi connectivity index (χ2v) is 5.76. The Kier molecular flexibility index (Phi) is 3.30. The molecule has 0 aromatic rings. The Morgan fingerprint density at radius 2 is 1.40 bits per heavy atom. The molecule has 4 saturated carbocycles. The van der Waals surface area contributed by atoms with Crippen LogP contribution in [0.5, 0.6) is 0 Å². The minimum atomic E-state index is 0. The maximum Gasteiger partial charge on any atom is 0.0297 e. The van der Waals surface area contributed by atoms with Gasteiger partial charge in [-0.05, 0) is 62.8 Å². The number of nitrogens with one attached hydrogen (secondary N) is 1. The predicted molar refractivity (Wildman–Crippen MR) is 64.9 cm³/mol. The molecule has 0 unspecified atom stereocenters. The highest BCUT2D eigenvalue weighted by molar-refractivity contribution is 5.85. The molecule has 0 aliphatic heterocycles. The normalized spacial score (nSPS) is 47.0. The summed E-state index contributed by atoms with van der Waals surface area (Å²) in [5, 5.41) is 2.38. The fourth-order valence-corrected chi connectivity index (χ4v) is 4.68. The molecule has 0 saturated heterocycles. The van der Waals surface area contributed by atoms with Crippen LogP contribution < -0.4 is 5.43 Å². The first-order valence-corrected chi connectivity index (χ1v) is 6.18. The standard InChI is InChI=1S/C12H22N2.ClH/c1-13-14(2)12-10-4-8-3-9(6-10)7-11(12)5-8;/h8-13H,3-7H2,1-2H3;1H. The van der Waals surface area contributed by atoms with Crippen molar-refractivity contribution in [1.82, 2.24) is 10.4 Å². The molecule has 4 aliphatic carbocycles. The van der Waals surface area contributed by atoms with Gasteiger partial charge < -0.3 is 0 Å². The minimum absolute atomic E-state index is 0. The summed E-state index contributed by atoms with van der Waals surface area (Å²) >= 11 is 0. The maximum atomic E-state index is 3.33. The smallest absolute Gasteiger partial charge is 0.0297 e. The van der Waals surface area contributed by atoms with E-state index in [-0.39, 0.29) is 12.4 Å². The van der Waals surface area contributed by atoms with Crippen molar-refractivity contribution in [2.75, 3.05) is 14.1 Å². The molecule has 15 heavy (non-hydrogen) atoms. The Morgan fingerprint density at radius 3 is 1.80 bits per heavy atom. The number of nitrogens with zero attached hydrogens (tertiary/aromatic N) is 1. The summed E-state index contributed by atoms with van der Waals surface area (Å²) in [7, 11) is 4.29. The molecule has 4 fully saturated rings. The number of halogens is 1. The maximum absolute atomic E-state index is 3.33. The molecule has 0 radical (unpaired) electrons. The molecule has 88 valence electrons. The Morgan fingerprint density at radius 1 is 0.933 bits per heavy atom. The summed E-state index contributed by atoms with van der Waals surface area (Å²) in [6.45, 7) is 0. The topological polar surface area (TPSA) is 15.3 Å². The second-order valence-electron chi connectivity index (χ2n) is 5.76. The molecule has 0 aromatic heterocycles. The molecular formula is C12H23ClN2. The second kappa shape index (κ2) is 4.23. The molecule has 2 nitrogen and oxygen atoms in total. The van der Waals surface area contributed by atoms with E-state index in [4.69, 9.17) is 0 Å². The van der Waals surface area contributed by atoms with Crippen LogP contribution in [0, 0.1) is 23.7 Å². The quantitative estimate of drug-likeness (QED) is 0.733. The number of rotatable bonds is 2. The fourth-order valence-electron chi connectivity index (χ4n) is 4.68. The van der Waals surface area contributed by atoms with Gasteiger partial charge in [0.2, 0.25) is 0 Å². The molecule has 0 aromatic carbocycles. The molecule has 4 aliphatic rings. The first kappa shape index (κ1) is 11.7. The third-order valence-corrected chi connectivity index (χ3v) is 4.98. The lowest BCUT2D eigenvalue weighted by Crippen LogP contribution is -2.57. The Balaban J connectivity index is 0.000000853. The van der Waals surface area contributed by atoms with Gasteiger partial charge in [-0.15, -0.1) is 12.4 Å². The van der Waals surface area contributed by atoms with Crippen LogP contribution in [0.15, 0.2) is 0 Å². The minimum Gasteiger partial charge on any atom is -0.258 e. The van der Waals surface area contributed by atoms with Crippen molar-refractivity contribution < 1.29 is 0 Å². The zero-order valence-electron chi connectivity index (χ0n) is 9.78. The van der Waals surface area contributed by atoms with Crippen LogP contribution in [0.3, 0.4) is 0 Å². The van der Waals surface area contributed by atoms with Crippen molar-refractivity contribution in [3.63, 3.8) is 0 Å². The third-order valence-electron chi connectivity index (χ3n) is 4.98. The molecule has 0 heterocycles. The van der Waals surface area contributed by atoms with Gasteiger partial charge in [-0.25, -0.2) is 5.01 Å². The molecule has 0 spiro atoms. The van der Waals surface area contributed by atoms with E-state index in [9.17, 15) is 0 Å². The van der Waals surface area contributed by atoms with Crippen LogP contribution in [0.4, 0.5) is 0 Å². The van der Waals surface area contributed by atoms with Crippen LogP contribution in [0.2, 0.25) is 0 Å². The van der Waals surface area contributed by atoms with Crippen LogP contribution in [0.1, 0.15) is 32.1 Å². The van der Waals surface area contributed by atoms with Crippen molar-refractivity contribution in [3.05, 3.63) is 0 Å².